The minimum absolute atomic E-state index is 0.0567. The van der Waals surface area contributed by atoms with Crippen molar-refractivity contribution in [3.8, 4) is 5.75 Å². The number of aromatic nitrogens is 1. The van der Waals surface area contributed by atoms with Gasteiger partial charge in [0.25, 0.3) is 0 Å². The monoisotopic (exact) mass is 364 g/mol. The van der Waals surface area contributed by atoms with Crippen molar-refractivity contribution in [3.63, 3.8) is 0 Å². The average molecular weight is 364 g/mol. The molecule has 2 rings (SSSR count). The molecule has 0 aliphatic heterocycles. The van der Waals surface area contributed by atoms with Crippen LogP contribution in [0, 0.1) is 5.82 Å². The molecule has 0 atom stereocenters. The molecule has 1 N–H and O–H groups in total. The Morgan fingerprint density at radius 3 is 2.88 bits per heavy atom. The number of carbonyl (C=O) groups is 2. The van der Waals surface area contributed by atoms with E-state index in [2.05, 4.69) is 10.3 Å². The third kappa shape index (κ3) is 5.68. The Bertz CT molecular complexity index is 789. The van der Waals surface area contributed by atoms with E-state index in [0.717, 1.165) is 0 Å². The summed E-state index contributed by atoms with van der Waals surface area (Å²) in [5.41, 5.74) is 1.05. The van der Waals surface area contributed by atoms with Crippen molar-refractivity contribution in [2.75, 3.05) is 19.0 Å². The number of carbonyl (C=O) groups excluding carboxylic acids is 2. The summed E-state index contributed by atoms with van der Waals surface area (Å²) in [6.45, 7) is 2.04. The van der Waals surface area contributed by atoms with E-state index >= 15 is 0 Å². The van der Waals surface area contributed by atoms with Crippen LogP contribution in [0.15, 0.2) is 29.7 Å². The fourth-order valence-electron chi connectivity index (χ4n) is 1.91. The summed E-state index contributed by atoms with van der Waals surface area (Å²) in [4.78, 5) is 27.4. The number of benzene rings is 1. The fraction of sp³-hybridized carbons (Fsp3) is 0.235. The Morgan fingerprint density at radius 2 is 2.20 bits per heavy atom. The first-order valence-electron chi connectivity index (χ1n) is 7.44. The van der Waals surface area contributed by atoms with Gasteiger partial charge in [-0.25, -0.2) is 9.37 Å². The van der Waals surface area contributed by atoms with Gasteiger partial charge < -0.3 is 9.47 Å². The van der Waals surface area contributed by atoms with Crippen molar-refractivity contribution in [2.24, 2.45) is 0 Å². The van der Waals surface area contributed by atoms with Crippen LogP contribution in [0.2, 0.25) is 0 Å². The Morgan fingerprint density at radius 1 is 1.40 bits per heavy atom. The van der Waals surface area contributed by atoms with Gasteiger partial charge in [-0.1, -0.05) is 6.07 Å². The SMILES string of the molecule is CCOC(=O)Cc1csc(NC(=O)/C=C/c2ccc(OC)c(F)c2)n1. The van der Waals surface area contributed by atoms with E-state index in [1.165, 1.54) is 42.7 Å². The highest BCUT2D eigenvalue weighted by atomic mass is 32.1. The standard InChI is InChI=1S/C17H17FN2O4S/c1-3-24-16(22)9-12-10-25-17(19-12)20-15(21)7-5-11-4-6-14(23-2)13(18)8-11/h4-8,10H,3,9H2,1-2H3,(H,19,20,21)/b7-5+. The summed E-state index contributed by atoms with van der Waals surface area (Å²) in [6, 6.07) is 4.38. The molecule has 0 aliphatic rings. The lowest BCUT2D eigenvalue weighted by atomic mass is 10.2. The second-order valence-electron chi connectivity index (χ2n) is 4.84. The molecule has 8 heteroatoms. The van der Waals surface area contributed by atoms with Gasteiger partial charge in [0.1, 0.15) is 0 Å². The molecule has 1 amide bonds. The van der Waals surface area contributed by atoms with Crippen LogP contribution >= 0.6 is 11.3 Å². The number of amides is 1. The highest BCUT2D eigenvalue weighted by Gasteiger charge is 2.09. The molecule has 1 aromatic heterocycles. The summed E-state index contributed by atoms with van der Waals surface area (Å²) < 4.78 is 23.2. The number of rotatable bonds is 7. The second-order valence-corrected chi connectivity index (χ2v) is 5.70. The molecule has 25 heavy (non-hydrogen) atoms. The van der Waals surface area contributed by atoms with E-state index < -0.39 is 11.7 Å². The lowest BCUT2D eigenvalue weighted by Crippen LogP contribution is -2.09. The van der Waals surface area contributed by atoms with Crippen LogP contribution < -0.4 is 10.1 Å². The maximum Gasteiger partial charge on any atom is 0.311 e. The van der Waals surface area contributed by atoms with E-state index in [1.807, 2.05) is 0 Å². The van der Waals surface area contributed by atoms with Crippen LogP contribution in [-0.2, 0) is 20.7 Å². The number of nitrogens with one attached hydrogen (secondary N) is 1. The predicted octanol–water partition coefficient (Wildman–Crippen LogP) is 3.05. The van der Waals surface area contributed by atoms with Crippen molar-refractivity contribution in [1.29, 1.82) is 0 Å². The number of hydrogen-bond donors (Lipinski definition) is 1. The quantitative estimate of drug-likeness (QED) is 0.604. The van der Waals surface area contributed by atoms with Crippen molar-refractivity contribution in [3.05, 3.63) is 46.7 Å². The highest BCUT2D eigenvalue weighted by molar-refractivity contribution is 7.14. The number of esters is 1. The number of hydrogen-bond acceptors (Lipinski definition) is 6. The average Bonchev–Trinajstić information content (AvgIpc) is 3.00. The van der Waals surface area contributed by atoms with Gasteiger partial charge in [-0.2, -0.15) is 0 Å². The van der Waals surface area contributed by atoms with Crippen LogP contribution in [0.5, 0.6) is 5.75 Å². The summed E-state index contributed by atoms with van der Waals surface area (Å²) in [7, 11) is 1.38. The van der Waals surface area contributed by atoms with E-state index in [1.54, 1.807) is 18.4 Å². The molecule has 1 aromatic carbocycles. The van der Waals surface area contributed by atoms with Crippen LogP contribution in [0.4, 0.5) is 9.52 Å². The van der Waals surface area contributed by atoms with Crippen molar-refractivity contribution < 1.29 is 23.5 Å². The number of ether oxygens (including phenoxy) is 2. The predicted molar refractivity (Wildman–Crippen MR) is 93.1 cm³/mol. The molecule has 0 unspecified atom stereocenters. The van der Waals surface area contributed by atoms with E-state index in [9.17, 15) is 14.0 Å². The largest absolute Gasteiger partial charge is 0.494 e. The maximum atomic E-state index is 13.6. The fourth-order valence-corrected chi connectivity index (χ4v) is 2.62. The third-order valence-electron chi connectivity index (χ3n) is 3.02. The van der Waals surface area contributed by atoms with E-state index in [-0.39, 0.29) is 18.1 Å². The summed E-state index contributed by atoms with van der Waals surface area (Å²) in [5.74, 6) is -1.15. The summed E-state index contributed by atoms with van der Waals surface area (Å²) in [5, 5.41) is 4.63. The first-order valence-corrected chi connectivity index (χ1v) is 8.32. The van der Waals surface area contributed by atoms with Crippen molar-refractivity contribution in [1.82, 2.24) is 4.98 Å². The zero-order valence-corrected chi connectivity index (χ0v) is 14.6. The first kappa shape index (κ1) is 18.6. The minimum Gasteiger partial charge on any atom is -0.494 e. The molecule has 132 valence electrons. The lowest BCUT2D eigenvalue weighted by molar-refractivity contribution is -0.142. The molecule has 6 nitrogen and oxygen atoms in total. The maximum absolute atomic E-state index is 13.6. The zero-order valence-electron chi connectivity index (χ0n) is 13.7. The molecule has 0 bridgehead atoms. The van der Waals surface area contributed by atoms with Gasteiger partial charge in [0.05, 0.1) is 25.8 Å². The topological polar surface area (TPSA) is 77.5 Å². The third-order valence-corrected chi connectivity index (χ3v) is 3.82. The molecule has 1 heterocycles. The molecule has 0 saturated heterocycles. The Balaban J connectivity index is 1.93. The van der Waals surface area contributed by atoms with Crippen LogP contribution in [0.25, 0.3) is 6.08 Å². The molecule has 2 aromatic rings. The summed E-state index contributed by atoms with van der Waals surface area (Å²) >= 11 is 1.21. The molecule has 0 aliphatic carbocycles. The molecular weight excluding hydrogens is 347 g/mol. The zero-order chi connectivity index (χ0) is 18.2. The Hall–Kier alpha value is -2.74. The number of methoxy groups -OCH3 is 1. The van der Waals surface area contributed by atoms with Gasteiger partial charge in [-0.3, -0.25) is 14.9 Å². The smallest absolute Gasteiger partial charge is 0.311 e. The molecule has 0 saturated carbocycles. The summed E-state index contributed by atoms with van der Waals surface area (Å²) in [6.07, 6.45) is 2.81. The Kier molecular flexibility index (Phi) is 6.64. The number of anilines is 1. The highest BCUT2D eigenvalue weighted by Crippen LogP contribution is 2.19. The van der Waals surface area contributed by atoms with Gasteiger partial charge in [-0.15, -0.1) is 11.3 Å². The van der Waals surface area contributed by atoms with Gasteiger partial charge in [0.2, 0.25) is 5.91 Å². The number of thiazole rings is 1. The molecule has 0 fully saturated rings. The second kappa shape index (κ2) is 8.93. The molecule has 0 spiro atoms. The first-order chi connectivity index (χ1) is 12.0. The van der Waals surface area contributed by atoms with Gasteiger partial charge in [-0.05, 0) is 30.7 Å². The van der Waals surface area contributed by atoms with Crippen molar-refractivity contribution >= 4 is 34.4 Å². The normalized spacial score (nSPS) is 10.7. The van der Waals surface area contributed by atoms with Gasteiger partial charge >= 0.3 is 5.97 Å². The minimum atomic E-state index is -0.506. The molecular formula is C17H17FN2O4S. The number of halogens is 1. The number of nitrogens with zero attached hydrogens (tertiary/aromatic N) is 1. The van der Waals surface area contributed by atoms with Crippen LogP contribution in [-0.4, -0.2) is 30.6 Å². The van der Waals surface area contributed by atoms with E-state index in [4.69, 9.17) is 9.47 Å². The van der Waals surface area contributed by atoms with Gasteiger partial charge in [0, 0.05) is 11.5 Å². The Labute approximate surface area is 148 Å². The molecule has 0 radical (unpaired) electrons. The van der Waals surface area contributed by atoms with E-state index in [0.29, 0.717) is 23.0 Å². The van der Waals surface area contributed by atoms with Crippen LogP contribution in [0.3, 0.4) is 0 Å². The lowest BCUT2D eigenvalue weighted by Gasteiger charge is -2.02. The van der Waals surface area contributed by atoms with Gasteiger partial charge in [0.15, 0.2) is 16.7 Å². The van der Waals surface area contributed by atoms with Crippen LogP contribution in [0.1, 0.15) is 18.2 Å². The van der Waals surface area contributed by atoms with Crippen molar-refractivity contribution in [2.45, 2.75) is 13.3 Å².